The van der Waals surface area contributed by atoms with Crippen LogP contribution in [-0.2, 0) is 24.6 Å². The fraction of sp³-hybridized carbons (Fsp3) is 0.429. The third-order valence-electron chi connectivity index (χ3n) is 3.90. The van der Waals surface area contributed by atoms with Crippen molar-refractivity contribution < 1.29 is 22.8 Å². The molecule has 2 heterocycles. The van der Waals surface area contributed by atoms with E-state index in [-0.39, 0.29) is 23.0 Å². The average molecular weight is 391 g/mol. The lowest BCUT2D eigenvalue weighted by Gasteiger charge is -2.08. The molecule has 0 bridgehead atoms. The summed E-state index contributed by atoms with van der Waals surface area (Å²) in [6.07, 6.45) is -2.14. The Morgan fingerprint density at radius 2 is 2.08 bits per heavy atom. The van der Waals surface area contributed by atoms with Gasteiger partial charge in [-0.25, -0.2) is 0 Å². The van der Waals surface area contributed by atoms with E-state index in [4.69, 9.17) is 17.3 Å². The van der Waals surface area contributed by atoms with Gasteiger partial charge in [-0.3, -0.25) is 19.0 Å². The van der Waals surface area contributed by atoms with Crippen LogP contribution in [0.1, 0.15) is 40.6 Å². The molecule has 2 aromatic rings. The molecule has 0 atom stereocenters. The number of nitrogens with two attached hydrogens (primary N) is 1. The Hall–Kier alpha value is -2.56. The first-order chi connectivity index (χ1) is 12.1. The molecule has 0 spiro atoms. The van der Waals surface area contributed by atoms with E-state index in [9.17, 15) is 22.8 Å². The summed E-state index contributed by atoms with van der Waals surface area (Å²) in [7, 11) is 1.46. The van der Waals surface area contributed by atoms with E-state index in [2.05, 4.69) is 15.5 Å². The molecule has 1 aliphatic rings. The number of amides is 2. The Bertz CT molecular complexity index is 884. The van der Waals surface area contributed by atoms with Gasteiger partial charge in [-0.1, -0.05) is 11.6 Å². The highest BCUT2D eigenvalue weighted by Gasteiger charge is 2.42. The van der Waals surface area contributed by atoms with E-state index in [0.717, 1.165) is 4.68 Å². The lowest BCUT2D eigenvalue weighted by atomic mass is 10.2. The number of rotatable bonds is 5. The number of alkyl halides is 3. The van der Waals surface area contributed by atoms with Gasteiger partial charge in [-0.05, 0) is 12.8 Å². The molecule has 1 aliphatic carbocycles. The smallest absolute Gasteiger partial charge is 0.364 e. The predicted molar refractivity (Wildman–Crippen MR) is 84.6 cm³/mol. The molecule has 0 radical (unpaired) electrons. The number of primary amides is 1. The second kappa shape index (κ2) is 6.31. The number of anilines is 1. The second-order valence-electron chi connectivity index (χ2n) is 5.92. The van der Waals surface area contributed by atoms with E-state index < -0.39 is 35.3 Å². The molecule has 26 heavy (non-hydrogen) atoms. The van der Waals surface area contributed by atoms with E-state index in [1.807, 2.05) is 0 Å². The SMILES string of the molecule is Cn1ncc(NC(=O)Cn2nc(C(F)(F)F)c(Cl)c2C2CC2)c1C(N)=O. The zero-order valence-corrected chi connectivity index (χ0v) is 14.2. The van der Waals surface area contributed by atoms with Gasteiger partial charge in [0, 0.05) is 13.0 Å². The van der Waals surface area contributed by atoms with Crippen LogP contribution in [-0.4, -0.2) is 31.4 Å². The van der Waals surface area contributed by atoms with Crippen molar-refractivity contribution in [2.75, 3.05) is 5.32 Å². The van der Waals surface area contributed by atoms with Crippen molar-refractivity contribution >= 4 is 29.1 Å². The molecule has 140 valence electrons. The van der Waals surface area contributed by atoms with Gasteiger partial charge >= 0.3 is 6.18 Å². The third-order valence-corrected chi connectivity index (χ3v) is 4.28. The van der Waals surface area contributed by atoms with Gasteiger partial charge in [0.15, 0.2) is 5.69 Å². The Balaban J connectivity index is 1.85. The van der Waals surface area contributed by atoms with E-state index in [1.54, 1.807) is 0 Å². The molecule has 0 saturated heterocycles. The zero-order chi connectivity index (χ0) is 19.2. The molecular formula is C14H14ClF3N6O2. The fourth-order valence-corrected chi connectivity index (χ4v) is 3.05. The van der Waals surface area contributed by atoms with Crippen LogP contribution in [0.2, 0.25) is 5.02 Å². The predicted octanol–water partition coefficient (Wildman–Crippen LogP) is 1.90. The van der Waals surface area contributed by atoms with Crippen LogP contribution in [0.5, 0.6) is 0 Å². The maximum Gasteiger partial charge on any atom is 0.436 e. The fourth-order valence-electron chi connectivity index (χ4n) is 2.65. The molecule has 2 aromatic heterocycles. The number of aromatic nitrogens is 4. The Morgan fingerprint density at radius 3 is 2.62 bits per heavy atom. The summed E-state index contributed by atoms with van der Waals surface area (Å²) in [6, 6.07) is 0. The summed E-state index contributed by atoms with van der Waals surface area (Å²) in [5.74, 6) is -1.64. The first kappa shape index (κ1) is 18.2. The van der Waals surface area contributed by atoms with Crippen LogP contribution in [0.3, 0.4) is 0 Å². The lowest BCUT2D eigenvalue weighted by Crippen LogP contribution is -2.24. The molecule has 1 fully saturated rings. The van der Waals surface area contributed by atoms with Gasteiger partial charge < -0.3 is 11.1 Å². The highest BCUT2D eigenvalue weighted by Crippen LogP contribution is 2.46. The van der Waals surface area contributed by atoms with Gasteiger partial charge in [-0.15, -0.1) is 0 Å². The number of carbonyl (C=O) groups is 2. The number of nitrogens with zero attached hydrogens (tertiary/aromatic N) is 4. The third kappa shape index (κ3) is 3.39. The van der Waals surface area contributed by atoms with E-state index in [0.29, 0.717) is 12.8 Å². The number of hydrogen-bond donors (Lipinski definition) is 2. The van der Waals surface area contributed by atoms with Crippen LogP contribution in [0.15, 0.2) is 6.20 Å². The second-order valence-corrected chi connectivity index (χ2v) is 6.30. The molecule has 0 aliphatic heterocycles. The van der Waals surface area contributed by atoms with Crippen LogP contribution >= 0.6 is 11.6 Å². The quantitative estimate of drug-likeness (QED) is 0.812. The van der Waals surface area contributed by atoms with Crippen molar-refractivity contribution in [3.05, 3.63) is 28.3 Å². The van der Waals surface area contributed by atoms with Crippen molar-refractivity contribution in [1.82, 2.24) is 19.6 Å². The largest absolute Gasteiger partial charge is 0.436 e. The van der Waals surface area contributed by atoms with Crippen molar-refractivity contribution in [3.63, 3.8) is 0 Å². The molecule has 3 N–H and O–H groups in total. The van der Waals surface area contributed by atoms with Crippen molar-refractivity contribution in [3.8, 4) is 0 Å². The van der Waals surface area contributed by atoms with Crippen LogP contribution < -0.4 is 11.1 Å². The Labute approximate surface area is 150 Å². The summed E-state index contributed by atoms with van der Waals surface area (Å²) in [5.41, 5.74) is 4.23. The first-order valence-corrected chi connectivity index (χ1v) is 7.92. The zero-order valence-electron chi connectivity index (χ0n) is 13.5. The molecule has 8 nitrogen and oxygen atoms in total. The topological polar surface area (TPSA) is 108 Å². The van der Waals surface area contributed by atoms with Crippen molar-refractivity contribution in [1.29, 1.82) is 0 Å². The molecule has 0 unspecified atom stereocenters. The summed E-state index contributed by atoms with van der Waals surface area (Å²) >= 11 is 5.85. The molecule has 2 amide bonds. The van der Waals surface area contributed by atoms with Gasteiger partial charge in [0.2, 0.25) is 5.91 Å². The number of halogens is 4. The highest BCUT2D eigenvalue weighted by molar-refractivity contribution is 6.32. The maximum absolute atomic E-state index is 13.0. The summed E-state index contributed by atoms with van der Waals surface area (Å²) in [4.78, 5) is 23.6. The maximum atomic E-state index is 13.0. The van der Waals surface area contributed by atoms with Crippen molar-refractivity contribution in [2.24, 2.45) is 12.8 Å². The average Bonchev–Trinajstić information content (AvgIpc) is 3.19. The number of carbonyl (C=O) groups excluding carboxylic acids is 2. The molecule has 1 saturated carbocycles. The monoisotopic (exact) mass is 390 g/mol. The van der Waals surface area contributed by atoms with Gasteiger partial charge in [0.25, 0.3) is 5.91 Å². The summed E-state index contributed by atoms with van der Waals surface area (Å²) in [5, 5.41) is 9.21. The van der Waals surface area contributed by atoms with Gasteiger partial charge in [0.1, 0.15) is 12.2 Å². The standard InChI is InChI=1S/C14H14ClF3N6O2/c1-23-11(13(19)26)7(4-20-23)21-8(25)5-24-10(6-2-3-6)9(15)12(22-24)14(16,17)18/h4,6H,2-3,5H2,1H3,(H2,19,26)(H,21,25). The Kier molecular flexibility index (Phi) is 4.42. The summed E-state index contributed by atoms with van der Waals surface area (Å²) < 4.78 is 41.2. The minimum Gasteiger partial charge on any atom is -0.364 e. The number of hydrogen-bond acceptors (Lipinski definition) is 4. The number of nitrogens with one attached hydrogen (secondary N) is 1. The highest BCUT2D eigenvalue weighted by atomic mass is 35.5. The molecule has 0 aromatic carbocycles. The molecule has 12 heteroatoms. The van der Waals surface area contributed by atoms with Gasteiger partial charge in [-0.2, -0.15) is 23.4 Å². The number of aryl methyl sites for hydroxylation is 1. The van der Waals surface area contributed by atoms with Crippen LogP contribution in [0.4, 0.5) is 18.9 Å². The van der Waals surface area contributed by atoms with Crippen molar-refractivity contribution in [2.45, 2.75) is 31.5 Å². The Morgan fingerprint density at radius 1 is 1.42 bits per heavy atom. The normalized spacial score (nSPS) is 14.5. The van der Waals surface area contributed by atoms with Gasteiger partial charge in [0.05, 0.1) is 22.6 Å². The van der Waals surface area contributed by atoms with Crippen LogP contribution in [0.25, 0.3) is 0 Å². The minimum atomic E-state index is -4.72. The molecule has 3 rings (SSSR count). The lowest BCUT2D eigenvalue weighted by molar-refractivity contribution is -0.141. The summed E-state index contributed by atoms with van der Waals surface area (Å²) in [6.45, 7) is -0.491. The van der Waals surface area contributed by atoms with E-state index in [1.165, 1.54) is 17.9 Å². The van der Waals surface area contributed by atoms with E-state index >= 15 is 0 Å². The first-order valence-electron chi connectivity index (χ1n) is 7.54. The molecular weight excluding hydrogens is 377 g/mol. The minimum absolute atomic E-state index is 0.0322. The van der Waals surface area contributed by atoms with Crippen LogP contribution in [0, 0.1) is 0 Å².